The van der Waals surface area contributed by atoms with Gasteiger partial charge in [0.2, 0.25) is 5.78 Å². The fourth-order valence-corrected chi connectivity index (χ4v) is 4.95. The number of hydrogen-bond acceptors (Lipinski definition) is 3. The maximum Gasteiger partial charge on any atom is 0.324 e. The molecule has 0 amide bonds. The number of ketones is 1. The maximum atomic E-state index is 11.8. The summed E-state index contributed by atoms with van der Waals surface area (Å²) in [6.45, 7) is 7.72. The van der Waals surface area contributed by atoms with Gasteiger partial charge in [-0.25, -0.2) is 0 Å². The molecule has 1 aliphatic rings. The van der Waals surface area contributed by atoms with Crippen molar-refractivity contribution in [1.82, 2.24) is 0 Å². The van der Waals surface area contributed by atoms with Gasteiger partial charge in [-0.05, 0) is 20.3 Å². The van der Waals surface area contributed by atoms with Crippen molar-refractivity contribution >= 4 is 35.5 Å². The topological polar surface area (TPSA) is 53.5 Å². The van der Waals surface area contributed by atoms with E-state index in [-0.39, 0.29) is 9.86 Å². The van der Waals surface area contributed by atoms with Gasteiger partial charge in [0.05, 0.1) is 9.49 Å². The molecule has 0 saturated carbocycles. The lowest BCUT2D eigenvalue weighted by molar-refractivity contribution is -0.122. The molecule has 0 aliphatic carbocycles. The highest BCUT2D eigenvalue weighted by atomic mass is 32.2. The van der Waals surface area contributed by atoms with Crippen LogP contribution in [0, 0.1) is 5.41 Å². The van der Waals surface area contributed by atoms with E-state index in [1.807, 2.05) is 30.4 Å². The van der Waals surface area contributed by atoms with Gasteiger partial charge in [-0.15, -0.1) is 30.1 Å². The van der Waals surface area contributed by atoms with Crippen LogP contribution in [0.15, 0.2) is 12.7 Å². The quantitative estimate of drug-likeness (QED) is 0.329. The average molecular weight is 256 g/mol. The molecule has 0 aromatic heterocycles. The van der Waals surface area contributed by atoms with Crippen molar-refractivity contribution in [3.8, 4) is 0 Å². The summed E-state index contributed by atoms with van der Waals surface area (Å²) in [7, 11) is 0. The van der Waals surface area contributed by atoms with E-state index in [2.05, 4.69) is 18.3 Å². The molecule has 88 valence electrons. The van der Waals surface area contributed by atoms with E-state index < -0.39 is 5.41 Å². The number of allylic oxidation sites excluding steroid dienone is 1. The van der Waals surface area contributed by atoms with Crippen LogP contribution in [0.4, 0.5) is 0 Å². The monoisotopic (exact) mass is 256 g/mol. The van der Waals surface area contributed by atoms with Crippen LogP contribution in [0.5, 0.6) is 0 Å². The first-order valence-electron chi connectivity index (χ1n) is 5.09. The number of carbonyl (C=O) groups is 1. The van der Waals surface area contributed by atoms with Crippen LogP contribution < -0.4 is 0 Å². The maximum absolute atomic E-state index is 11.8. The lowest BCUT2D eigenvalue weighted by atomic mass is 9.81. The lowest BCUT2D eigenvalue weighted by Crippen LogP contribution is -2.33. The number of thioether (sulfide) groups is 2. The van der Waals surface area contributed by atoms with Gasteiger partial charge in [-0.2, -0.15) is 4.79 Å². The SMILES string of the molecule is C=CC(C)(CC1(C)SCCS1)C(=O)C=[N+]=[N-]. The molecule has 0 bridgehead atoms. The highest BCUT2D eigenvalue weighted by Crippen LogP contribution is 2.50. The van der Waals surface area contributed by atoms with Crippen molar-refractivity contribution in [2.45, 2.75) is 24.3 Å². The van der Waals surface area contributed by atoms with E-state index >= 15 is 0 Å². The molecule has 5 heteroatoms. The van der Waals surface area contributed by atoms with Gasteiger partial charge >= 0.3 is 6.21 Å². The normalized spacial score (nSPS) is 21.9. The molecule has 1 unspecified atom stereocenters. The summed E-state index contributed by atoms with van der Waals surface area (Å²) in [6.07, 6.45) is 3.33. The first kappa shape index (κ1) is 13.6. The number of hydrogen-bond donors (Lipinski definition) is 0. The van der Waals surface area contributed by atoms with Crippen LogP contribution in [0.25, 0.3) is 5.53 Å². The third kappa shape index (κ3) is 3.00. The van der Waals surface area contributed by atoms with Gasteiger partial charge in [0.15, 0.2) is 0 Å². The van der Waals surface area contributed by atoms with E-state index in [1.54, 1.807) is 6.08 Å². The number of Topliss-reactive ketones (excluding diaryl/α,β-unsaturated/α-hetero) is 1. The van der Waals surface area contributed by atoms with E-state index in [4.69, 9.17) is 5.53 Å². The molecule has 1 heterocycles. The molecule has 3 nitrogen and oxygen atoms in total. The fourth-order valence-electron chi connectivity index (χ4n) is 1.79. The molecule has 0 aromatic rings. The largest absolute Gasteiger partial charge is 0.361 e. The van der Waals surface area contributed by atoms with Gasteiger partial charge in [-0.3, -0.25) is 4.79 Å². The molecule has 1 rings (SSSR count). The highest BCUT2D eigenvalue weighted by Gasteiger charge is 2.41. The zero-order chi connectivity index (χ0) is 12.2. The molecule has 1 aliphatic heterocycles. The number of nitrogens with zero attached hydrogens (tertiary/aromatic N) is 2. The summed E-state index contributed by atoms with van der Waals surface area (Å²) in [5, 5.41) is 0. The summed E-state index contributed by atoms with van der Waals surface area (Å²) < 4.78 is 0.0574. The van der Waals surface area contributed by atoms with Crippen molar-refractivity contribution in [1.29, 1.82) is 0 Å². The highest BCUT2D eigenvalue weighted by molar-refractivity contribution is 8.21. The van der Waals surface area contributed by atoms with Gasteiger partial charge in [-0.1, -0.05) is 6.08 Å². The Morgan fingerprint density at radius 2 is 2.19 bits per heavy atom. The molecule has 16 heavy (non-hydrogen) atoms. The minimum atomic E-state index is -0.648. The first-order valence-corrected chi connectivity index (χ1v) is 7.06. The fraction of sp³-hybridized carbons (Fsp3) is 0.636. The third-order valence-electron chi connectivity index (χ3n) is 2.77. The summed E-state index contributed by atoms with van der Waals surface area (Å²) in [5.41, 5.74) is 7.78. The van der Waals surface area contributed by atoms with Crippen LogP contribution in [0.3, 0.4) is 0 Å². The molecule has 0 aromatic carbocycles. The summed E-state index contributed by atoms with van der Waals surface area (Å²) in [6, 6.07) is 0. The Kier molecular flexibility index (Phi) is 4.42. The zero-order valence-electron chi connectivity index (χ0n) is 9.60. The van der Waals surface area contributed by atoms with Crippen LogP contribution in [-0.4, -0.2) is 32.4 Å². The minimum Gasteiger partial charge on any atom is -0.361 e. The van der Waals surface area contributed by atoms with Gasteiger partial charge in [0.1, 0.15) is 0 Å². The second-order valence-corrected chi connectivity index (χ2v) is 7.69. The predicted octanol–water partition coefficient (Wildman–Crippen LogP) is 2.63. The molecular formula is C11H16N2OS2. The van der Waals surface area contributed by atoms with Crippen molar-refractivity contribution in [3.63, 3.8) is 0 Å². The van der Waals surface area contributed by atoms with Crippen molar-refractivity contribution in [2.75, 3.05) is 11.5 Å². The molecule has 1 saturated heterocycles. The Balaban J connectivity index is 2.84. The third-order valence-corrected chi connectivity index (χ3v) is 6.07. The number of carbonyl (C=O) groups excluding carboxylic acids is 1. The molecular weight excluding hydrogens is 240 g/mol. The molecule has 1 fully saturated rings. The van der Waals surface area contributed by atoms with Crippen molar-refractivity contribution in [3.05, 3.63) is 18.2 Å². The smallest absolute Gasteiger partial charge is 0.324 e. The van der Waals surface area contributed by atoms with Crippen LogP contribution in [-0.2, 0) is 4.79 Å². The number of rotatable bonds is 5. The van der Waals surface area contributed by atoms with Gasteiger partial charge in [0.25, 0.3) is 0 Å². The molecule has 0 spiro atoms. The second kappa shape index (κ2) is 5.21. The minimum absolute atomic E-state index is 0.0574. The summed E-state index contributed by atoms with van der Waals surface area (Å²) >= 11 is 3.76. The summed E-state index contributed by atoms with van der Waals surface area (Å²) in [4.78, 5) is 14.6. The van der Waals surface area contributed by atoms with E-state index in [1.165, 1.54) is 0 Å². The van der Waals surface area contributed by atoms with Gasteiger partial charge < -0.3 is 5.53 Å². The van der Waals surface area contributed by atoms with E-state index in [9.17, 15) is 4.79 Å². The van der Waals surface area contributed by atoms with E-state index in [0.29, 0.717) is 6.42 Å². The second-order valence-electron chi connectivity index (χ2n) is 4.24. The standard InChI is InChI=1S/C11H16N2OS2/c1-4-10(2,9(14)7-13-12)8-11(3)15-5-6-16-11/h4,7H,1,5-6,8H2,2-3H3. The first-order chi connectivity index (χ1) is 7.46. The molecule has 0 N–H and O–H groups in total. The van der Waals surface area contributed by atoms with Crippen LogP contribution in [0.2, 0.25) is 0 Å². The lowest BCUT2D eigenvalue weighted by Gasteiger charge is -2.31. The Morgan fingerprint density at radius 3 is 2.62 bits per heavy atom. The molecule has 0 radical (unpaired) electrons. The Morgan fingerprint density at radius 1 is 1.62 bits per heavy atom. The zero-order valence-corrected chi connectivity index (χ0v) is 11.2. The predicted molar refractivity (Wildman–Crippen MR) is 70.9 cm³/mol. The Labute approximate surface area is 105 Å². The van der Waals surface area contributed by atoms with Crippen molar-refractivity contribution in [2.24, 2.45) is 5.41 Å². The molecule has 1 atom stereocenters. The van der Waals surface area contributed by atoms with Crippen LogP contribution in [0.1, 0.15) is 20.3 Å². The van der Waals surface area contributed by atoms with Gasteiger partial charge in [0, 0.05) is 11.5 Å². The van der Waals surface area contributed by atoms with Crippen molar-refractivity contribution < 1.29 is 9.58 Å². The van der Waals surface area contributed by atoms with E-state index in [0.717, 1.165) is 17.7 Å². The summed E-state index contributed by atoms with van der Waals surface area (Å²) in [5.74, 6) is 2.05. The van der Waals surface area contributed by atoms with Crippen LogP contribution >= 0.6 is 23.5 Å². The average Bonchev–Trinajstić information content (AvgIpc) is 2.65. The Hall–Kier alpha value is -0.510. The Bertz CT molecular complexity index is 344.